The van der Waals surface area contributed by atoms with Gasteiger partial charge in [0, 0.05) is 12.3 Å². The van der Waals surface area contributed by atoms with Gasteiger partial charge in [0.15, 0.2) is 22.6 Å². The maximum absolute atomic E-state index is 14.0. The molecule has 4 rings (SSSR count). The molecular formula is C26H36O7. The molecule has 2 bridgehead atoms. The molecule has 0 aromatic carbocycles. The lowest BCUT2D eigenvalue weighted by Gasteiger charge is -2.70. The zero-order valence-corrected chi connectivity index (χ0v) is 20.8. The van der Waals surface area contributed by atoms with Gasteiger partial charge in [0.25, 0.3) is 0 Å². The quantitative estimate of drug-likeness (QED) is 0.364. The summed E-state index contributed by atoms with van der Waals surface area (Å²) in [7, 11) is 1.22. The Hall–Kier alpha value is -2.02. The summed E-state index contributed by atoms with van der Waals surface area (Å²) < 4.78 is 11.1. The Labute approximate surface area is 195 Å². The standard InChI is InChI=1S/C26H36O7/c1-14-23(5)13-16-22(4)11-10-17(27)33-21(2,3)15(22)9-12-24(16,6)26(14,20(30)32-8)19(29)25(7,31)18(23)28/h15-16,31H,1,9-13H2,2-8H3/t15-,16-,22+,23+,24-,25-,26-/m0/s1. The van der Waals surface area contributed by atoms with Gasteiger partial charge in [-0.2, -0.15) is 0 Å². The zero-order chi connectivity index (χ0) is 25.0. The minimum atomic E-state index is -2.32. The van der Waals surface area contributed by atoms with E-state index in [-0.39, 0.29) is 29.8 Å². The lowest BCUT2D eigenvalue weighted by molar-refractivity contribution is -0.221. The number of carbonyl (C=O) groups is 4. The summed E-state index contributed by atoms with van der Waals surface area (Å²) in [6.45, 7) is 14.9. The molecule has 4 fully saturated rings. The molecule has 1 N–H and O–H groups in total. The fourth-order valence-corrected chi connectivity index (χ4v) is 8.63. The number of ether oxygens (including phenoxy) is 2. The van der Waals surface area contributed by atoms with E-state index in [1.165, 1.54) is 14.0 Å². The van der Waals surface area contributed by atoms with Crippen LogP contribution in [0.25, 0.3) is 0 Å². The number of methoxy groups -OCH3 is 1. The first-order chi connectivity index (χ1) is 15.0. The van der Waals surface area contributed by atoms with Crippen LogP contribution in [0.5, 0.6) is 0 Å². The van der Waals surface area contributed by atoms with Crippen molar-refractivity contribution in [3.63, 3.8) is 0 Å². The van der Waals surface area contributed by atoms with Gasteiger partial charge in [0.05, 0.1) is 12.5 Å². The van der Waals surface area contributed by atoms with Crippen LogP contribution in [0.1, 0.15) is 73.6 Å². The Morgan fingerprint density at radius 2 is 1.64 bits per heavy atom. The van der Waals surface area contributed by atoms with Crippen molar-refractivity contribution in [1.82, 2.24) is 0 Å². The van der Waals surface area contributed by atoms with Gasteiger partial charge in [-0.25, -0.2) is 0 Å². The Morgan fingerprint density at radius 3 is 2.21 bits per heavy atom. The molecule has 4 aliphatic rings. The van der Waals surface area contributed by atoms with Gasteiger partial charge in [-0.1, -0.05) is 20.4 Å². The summed E-state index contributed by atoms with van der Waals surface area (Å²) >= 11 is 0. The largest absolute Gasteiger partial charge is 0.468 e. The van der Waals surface area contributed by atoms with Gasteiger partial charge in [-0.15, -0.1) is 0 Å². The van der Waals surface area contributed by atoms with Crippen LogP contribution in [0, 0.1) is 33.5 Å². The second kappa shape index (κ2) is 6.55. The van der Waals surface area contributed by atoms with Crippen LogP contribution in [0.2, 0.25) is 0 Å². The van der Waals surface area contributed by atoms with Gasteiger partial charge >= 0.3 is 11.9 Å². The Bertz CT molecular complexity index is 983. The summed E-state index contributed by atoms with van der Waals surface area (Å²) in [6.07, 6.45) is 2.18. The zero-order valence-electron chi connectivity index (χ0n) is 20.8. The summed E-state index contributed by atoms with van der Waals surface area (Å²) in [6, 6.07) is 0. The van der Waals surface area contributed by atoms with Crippen molar-refractivity contribution < 1.29 is 33.8 Å². The van der Waals surface area contributed by atoms with E-state index in [0.29, 0.717) is 25.7 Å². The number of carbonyl (C=O) groups excluding carboxylic acids is 4. The van der Waals surface area contributed by atoms with Crippen molar-refractivity contribution in [2.45, 2.75) is 84.8 Å². The monoisotopic (exact) mass is 460 g/mol. The van der Waals surface area contributed by atoms with Crippen molar-refractivity contribution >= 4 is 23.5 Å². The first kappa shape index (κ1) is 24.1. The fraction of sp³-hybridized carbons (Fsp3) is 0.769. The maximum Gasteiger partial charge on any atom is 0.324 e. The van der Waals surface area contributed by atoms with E-state index in [4.69, 9.17) is 9.47 Å². The predicted molar refractivity (Wildman–Crippen MR) is 119 cm³/mol. The Morgan fingerprint density at radius 1 is 1.03 bits per heavy atom. The maximum atomic E-state index is 14.0. The number of fused-ring (bicyclic) bond motifs is 6. The van der Waals surface area contributed by atoms with Crippen molar-refractivity contribution in [2.75, 3.05) is 7.11 Å². The highest BCUT2D eigenvalue weighted by Crippen LogP contribution is 2.75. The van der Waals surface area contributed by atoms with Gasteiger partial charge in [0.2, 0.25) is 0 Å². The van der Waals surface area contributed by atoms with Crippen LogP contribution >= 0.6 is 0 Å². The average Bonchev–Trinajstić information content (AvgIpc) is 2.81. The van der Waals surface area contributed by atoms with Gasteiger partial charge in [-0.3, -0.25) is 19.2 Å². The highest BCUT2D eigenvalue weighted by molar-refractivity contribution is 6.26. The highest BCUT2D eigenvalue weighted by Gasteiger charge is 2.81. The van der Waals surface area contributed by atoms with Gasteiger partial charge < -0.3 is 14.6 Å². The van der Waals surface area contributed by atoms with Gasteiger partial charge in [0.1, 0.15) is 5.60 Å². The van der Waals surface area contributed by atoms with Crippen molar-refractivity contribution in [3.05, 3.63) is 12.2 Å². The minimum Gasteiger partial charge on any atom is -0.468 e. The molecule has 1 saturated heterocycles. The molecule has 7 heteroatoms. The van der Waals surface area contributed by atoms with Crippen LogP contribution in [0.4, 0.5) is 0 Å². The molecule has 0 spiro atoms. The topological polar surface area (TPSA) is 107 Å². The van der Waals surface area contributed by atoms with E-state index in [0.717, 1.165) is 0 Å². The number of cyclic esters (lactones) is 1. The molecule has 7 atom stereocenters. The third-order valence-electron chi connectivity index (χ3n) is 10.2. The van der Waals surface area contributed by atoms with E-state index in [9.17, 15) is 24.3 Å². The third-order valence-corrected chi connectivity index (χ3v) is 10.2. The van der Waals surface area contributed by atoms with Gasteiger partial charge in [-0.05, 0) is 75.7 Å². The number of ketones is 2. The number of rotatable bonds is 1. The summed E-state index contributed by atoms with van der Waals surface area (Å²) in [5, 5.41) is 11.2. The molecule has 1 heterocycles. The average molecular weight is 461 g/mol. The number of hydrogen-bond acceptors (Lipinski definition) is 7. The normalized spacial score (nSPS) is 48.8. The highest BCUT2D eigenvalue weighted by atomic mass is 16.6. The number of aliphatic hydroxyl groups is 1. The Balaban J connectivity index is 2.04. The third kappa shape index (κ3) is 2.50. The molecule has 0 unspecified atom stereocenters. The van der Waals surface area contributed by atoms with Crippen LogP contribution in [-0.4, -0.2) is 46.9 Å². The molecule has 182 valence electrons. The molecule has 3 aliphatic carbocycles. The Kier molecular flexibility index (Phi) is 4.79. The molecule has 0 amide bonds. The van der Waals surface area contributed by atoms with Crippen molar-refractivity contribution in [3.8, 4) is 0 Å². The second-order valence-electron chi connectivity index (χ2n) is 12.1. The number of Topliss-reactive ketones (excluding diaryl/α,β-unsaturated/α-hetero) is 2. The first-order valence-electron chi connectivity index (χ1n) is 11.8. The smallest absolute Gasteiger partial charge is 0.324 e. The van der Waals surface area contributed by atoms with Crippen LogP contribution in [-0.2, 0) is 28.7 Å². The number of esters is 2. The van der Waals surface area contributed by atoms with E-state index < -0.39 is 50.4 Å². The SMILES string of the molecule is C=C1[C@@]2(C)C[C@H]3[C@]4(C)CCC(=O)OC(C)(C)[C@@H]4CC[C@]3(C)[C@]1(C(=O)OC)C(=O)[C@@](C)(O)C2=O. The number of hydrogen-bond donors (Lipinski definition) is 1. The molecule has 0 radical (unpaired) electrons. The van der Waals surface area contributed by atoms with E-state index >= 15 is 0 Å². The lowest BCUT2D eigenvalue weighted by atomic mass is 9.31. The van der Waals surface area contributed by atoms with E-state index in [1.807, 2.05) is 20.8 Å². The van der Waals surface area contributed by atoms with E-state index in [1.54, 1.807) is 6.92 Å². The predicted octanol–water partition coefficient (Wildman–Crippen LogP) is 3.17. The van der Waals surface area contributed by atoms with Crippen molar-refractivity contribution in [1.29, 1.82) is 0 Å². The van der Waals surface area contributed by atoms with Crippen LogP contribution in [0.3, 0.4) is 0 Å². The lowest BCUT2D eigenvalue weighted by Crippen LogP contribution is -2.77. The molecule has 0 aromatic rings. The molecule has 7 nitrogen and oxygen atoms in total. The fourth-order valence-electron chi connectivity index (χ4n) is 8.63. The summed E-state index contributed by atoms with van der Waals surface area (Å²) in [5.74, 6) is -2.81. The molecular weight excluding hydrogens is 424 g/mol. The first-order valence-corrected chi connectivity index (χ1v) is 11.8. The summed E-state index contributed by atoms with van der Waals surface area (Å²) in [4.78, 5) is 53.7. The summed E-state index contributed by atoms with van der Waals surface area (Å²) in [5.41, 5.74) is -7.41. The molecule has 0 aromatic heterocycles. The van der Waals surface area contributed by atoms with Crippen LogP contribution < -0.4 is 0 Å². The van der Waals surface area contributed by atoms with Crippen LogP contribution in [0.15, 0.2) is 12.2 Å². The molecule has 33 heavy (non-hydrogen) atoms. The minimum absolute atomic E-state index is 0.0226. The molecule has 3 saturated carbocycles. The second-order valence-corrected chi connectivity index (χ2v) is 12.1. The van der Waals surface area contributed by atoms with E-state index in [2.05, 4.69) is 13.5 Å². The van der Waals surface area contributed by atoms with Crippen molar-refractivity contribution in [2.24, 2.45) is 33.5 Å². The molecule has 1 aliphatic heterocycles.